The van der Waals surface area contributed by atoms with E-state index in [-0.39, 0.29) is 5.97 Å². The maximum atomic E-state index is 11.7. The SMILES string of the molecule is COC(=O)c1ccc(/C=C(\C)c2ccc3c(c2)CCC(=O)CC3)cc1. The lowest BCUT2D eigenvalue weighted by atomic mass is 9.96. The van der Waals surface area contributed by atoms with Crippen molar-refractivity contribution in [3.8, 4) is 0 Å². The average molecular weight is 334 g/mol. The number of rotatable bonds is 3. The Bertz CT molecular complexity index is 829. The van der Waals surface area contributed by atoms with Crippen LogP contribution in [0.4, 0.5) is 0 Å². The molecule has 3 heteroatoms. The predicted octanol–water partition coefficient (Wildman–Crippen LogP) is 4.48. The summed E-state index contributed by atoms with van der Waals surface area (Å²) >= 11 is 0. The number of hydrogen-bond donors (Lipinski definition) is 0. The molecule has 0 unspecified atom stereocenters. The molecule has 25 heavy (non-hydrogen) atoms. The smallest absolute Gasteiger partial charge is 0.337 e. The summed E-state index contributed by atoms with van der Waals surface area (Å²) in [6.07, 6.45) is 5.10. The van der Waals surface area contributed by atoms with Gasteiger partial charge in [-0.2, -0.15) is 0 Å². The first-order valence-corrected chi connectivity index (χ1v) is 8.57. The lowest BCUT2D eigenvalue weighted by molar-refractivity contribution is -0.118. The van der Waals surface area contributed by atoms with Crippen molar-refractivity contribution in [1.82, 2.24) is 0 Å². The average Bonchev–Trinajstić information content (AvgIpc) is 2.83. The van der Waals surface area contributed by atoms with Gasteiger partial charge in [0.05, 0.1) is 12.7 Å². The first-order valence-electron chi connectivity index (χ1n) is 8.57. The van der Waals surface area contributed by atoms with Gasteiger partial charge in [-0.05, 0) is 59.7 Å². The molecule has 0 saturated heterocycles. The second-order valence-electron chi connectivity index (χ2n) is 6.46. The van der Waals surface area contributed by atoms with E-state index in [1.807, 2.05) is 12.1 Å². The van der Waals surface area contributed by atoms with Crippen LogP contribution < -0.4 is 0 Å². The molecule has 1 aliphatic rings. The van der Waals surface area contributed by atoms with Gasteiger partial charge in [0.2, 0.25) is 0 Å². The molecule has 128 valence electrons. The van der Waals surface area contributed by atoms with Crippen molar-refractivity contribution in [2.75, 3.05) is 7.11 Å². The molecule has 0 N–H and O–H groups in total. The number of Topliss-reactive ketones (excluding diaryl/α,β-unsaturated/α-hetero) is 1. The summed E-state index contributed by atoms with van der Waals surface area (Å²) in [7, 11) is 1.38. The molecule has 0 heterocycles. The zero-order valence-electron chi connectivity index (χ0n) is 14.7. The standard InChI is InChI=1S/C22H22O3/c1-15(13-16-3-5-18(6-4-16)22(24)25-2)19-8-7-17-9-11-21(23)12-10-20(17)14-19/h3-8,13-14H,9-12H2,1-2H3/b15-13+. The Morgan fingerprint density at radius 3 is 2.24 bits per heavy atom. The van der Waals surface area contributed by atoms with Gasteiger partial charge in [0.25, 0.3) is 0 Å². The van der Waals surface area contributed by atoms with Crippen LogP contribution in [-0.2, 0) is 22.4 Å². The normalized spacial score (nSPS) is 14.6. The third-order valence-corrected chi connectivity index (χ3v) is 4.72. The zero-order valence-corrected chi connectivity index (χ0v) is 14.7. The van der Waals surface area contributed by atoms with Gasteiger partial charge >= 0.3 is 5.97 Å². The molecule has 0 aliphatic heterocycles. The van der Waals surface area contributed by atoms with Gasteiger partial charge in [-0.15, -0.1) is 0 Å². The van der Waals surface area contributed by atoms with Crippen molar-refractivity contribution in [3.05, 3.63) is 70.3 Å². The van der Waals surface area contributed by atoms with Crippen LogP contribution in [0, 0.1) is 0 Å². The molecule has 0 atom stereocenters. The van der Waals surface area contributed by atoms with Gasteiger partial charge in [0.15, 0.2) is 0 Å². The quantitative estimate of drug-likeness (QED) is 0.472. The molecule has 3 nitrogen and oxygen atoms in total. The van der Waals surface area contributed by atoms with Crippen molar-refractivity contribution < 1.29 is 14.3 Å². The van der Waals surface area contributed by atoms with Crippen molar-refractivity contribution in [2.24, 2.45) is 0 Å². The third kappa shape index (κ3) is 4.05. The van der Waals surface area contributed by atoms with E-state index in [0.717, 1.165) is 24.0 Å². The van der Waals surface area contributed by atoms with Crippen LogP contribution in [0.25, 0.3) is 11.6 Å². The van der Waals surface area contributed by atoms with E-state index in [1.165, 1.54) is 23.8 Å². The lowest BCUT2D eigenvalue weighted by Crippen LogP contribution is -2.00. The van der Waals surface area contributed by atoms with E-state index in [2.05, 4.69) is 31.2 Å². The van der Waals surface area contributed by atoms with Gasteiger partial charge < -0.3 is 4.74 Å². The first kappa shape index (κ1) is 17.2. The predicted molar refractivity (Wildman–Crippen MR) is 99.4 cm³/mol. The minimum atomic E-state index is -0.326. The number of aryl methyl sites for hydroxylation is 2. The summed E-state index contributed by atoms with van der Waals surface area (Å²) in [5.41, 5.74) is 6.50. The first-order chi connectivity index (χ1) is 12.1. The number of ketones is 1. The number of fused-ring (bicyclic) bond motifs is 1. The molecule has 0 amide bonds. The maximum Gasteiger partial charge on any atom is 0.337 e. The van der Waals surface area contributed by atoms with E-state index in [0.29, 0.717) is 24.2 Å². The fourth-order valence-corrected chi connectivity index (χ4v) is 3.19. The van der Waals surface area contributed by atoms with Crippen LogP contribution in [-0.4, -0.2) is 18.9 Å². The highest BCUT2D eigenvalue weighted by Crippen LogP contribution is 2.25. The van der Waals surface area contributed by atoms with E-state index in [1.54, 1.807) is 12.1 Å². The maximum absolute atomic E-state index is 11.7. The highest BCUT2D eigenvalue weighted by Gasteiger charge is 2.13. The molecule has 1 aliphatic carbocycles. The van der Waals surface area contributed by atoms with Gasteiger partial charge in [0, 0.05) is 12.8 Å². The Balaban J connectivity index is 1.83. The fraction of sp³-hybridized carbons (Fsp3) is 0.273. The summed E-state index contributed by atoms with van der Waals surface area (Å²) in [6.45, 7) is 2.08. The Morgan fingerprint density at radius 1 is 0.920 bits per heavy atom. The number of allylic oxidation sites excluding steroid dienone is 1. The van der Waals surface area contributed by atoms with Gasteiger partial charge in [-0.25, -0.2) is 4.79 Å². The second-order valence-corrected chi connectivity index (χ2v) is 6.46. The van der Waals surface area contributed by atoms with E-state index in [9.17, 15) is 9.59 Å². The largest absolute Gasteiger partial charge is 0.465 e. The Labute approximate surface area is 148 Å². The summed E-state index contributed by atoms with van der Waals surface area (Å²) in [5, 5.41) is 0. The van der Waals surface area contributed by atoms with Crippen LogP contribution in [0.2, 0.25) is 0 Å². The summed E-state index contributed by atoms with van der Waals surface area (Å²) in [6, 6.07) is 13.9. The molecule has 2 aromatic carbocycles. The number of carbonyl (C=O) groups excluding carboxylic acids is 2. The van der Waals surface area contributed by atoms with Crippen molar-refractivity contribution in [3.63, 3.8) is 0 Å². The minimum Gasteiger partial charge on any atom is -0.465 e. The van der Waals surface area contributed by atoms with Crippen molar-refractivity contribution in [2.45, 2.75) is 32.6 Å². The van der Waals surface area contributed by atoms with Crippen LogP contribution >= 0.6 is 0 Å². The number of carbonyl (C=O) groups is 2. The van der Waals surface area contributed by atoms with Crippen LogP contribution in [0.1, 0.15) is 52.4 Å². The van der Waals surface area contributed by atoms with E-state index in [4.69, 9.17) is 4.74 Å². The molecule has 0 spiro atoms. The molecule has 0 saturated carbocycles. The number of benzene rings is 2. The topological polar surface area (TPSA) is 43.4 Å². The molecular weight excluding hydrogens is 312 g/mol. The lowest BCUT2D eigenvalue weighted by Gasteiger charge is -2.09. The molecule has 2 aromatic rings. The molecule has 0 fully saturated rings. The third-order valence-electron chi connectivity index (χ3n) is 4.72. The monoisotopic (exact) mass is 334 g/mol. The van der Waals surface area contributed by atoms with E-state index >= 15 is 0 Å². The van der Waals surface area contributed by atoms with Crippen LogP contribution in [0.15, 0.2) is 42.5 Å². The summed E-state index contributed by atoms with van der Waals surface area (Å²) in [4.78, 5) is 23.2. The highest BCUT2D eigenvalue weighted by atomic mass is 16.5. The number of methoxy groups -OCH3 is 1. The number of ether oxygens (including phenoxy) is 1. The molecule has 3 rings (SSSR count). The Morgan fingerprint density at radius 2 is 1.56 bits per heavy atom. The fourth-order valence-electron chi connectivity index (χ4n) is 3.19. The number of esters is 1. The number of hydrogen-bond acceptors (Lipinski definition) is 3. The van der Waals surface area contributed by atoms with Gasteiger partial charge in [-0.3, -0.25) is 4.79 Å². The molecule has 0 bridgehead atoms. The highest BCUT2D eigenvalue weighted by molar-refractivity contribution is 5.90. The molecule has 0 radical (unpaired) electrons. The molecule has 0 aromatic heterocycles. The summed E-state index contributed by atoms with van der Waals surface area (Å²) in [5.74, 6) is 0.0308. The van der Waals surface area contributed by atoms with Gasteiger partial charge in [0.1, 0.15) is 5.78 Å². The second kappa shape index (κ2) is 7.47. The Kier molecular flexibility index (Phi) is 5.13. The minimum absolute atomic E-state index is 0.326. The van der Waals surface area contributed by atoms with Crippen molar-refractivity contribution in [1.29, 1.82) is 0 Å². The summed E-state index contributed by atoms with van der Waals surface area (Å²) < 4.78 is 4.72. The molecular formula is C22H22O3. The van der Waals surface area contributed by atoms with E-state index < -0.39 is 0 Å². The van der Waals surface area contributed by atoms with Crippen LogP contribution in [0.3, 0.4) is 0 Å². The zero-order chi connectivity index (χ0) is 17.8. The van der Waals surface area contributed by atoms with Gasteiger partial charge in [-0.1, -0.05) is 36.4 Å². The van der Waals surface area contributed by atoms with Crippen LogP contribution in [0.5, 0.6) is 0 Å². The Hall–Kier alpha value is -2.68. The van der Waals surface area contributed by atoms with Crippen molar-refractivity contribution >= 4 is 23.4 Å².